The zero-order valence-electron chi connectivity index (χ0n) is 13.1. The van der Waals surface area contributed by atoms with E-state index in [1.165, 1.54) is 7.11 Å². The number of ether oxygens (including phenoxy) is 2. The molecule has 1 atom stereocenters. The Balaban J connectivity index is 2.23. The van der Waals surface area contributed by atoms with E-state index in [1.807, 2.05) is 6.07 Å². The van der Waals surface area contributed by atoms with E-state index in [0.717, 1.165) is 12.1 Å². The van der Waals surface area contributed by atoms with Crippen molar-refractivity contribution >= 4 is 23.3 Å². The number of rotatable bonds is 3. The first-order valence-electron chi connectivity index (χ1n) is 6.99. The summed E-state index contributed by atoms with van der Waals surface area (Å²) in [5.74, 6) is -0.439. The molecule has 0 bridgehead atoms. The maximum atomic E-state index is 11.7. The first kappa shape index (κ1) is 16.1. The molecule has 0 amide bonds. The van der Waals surface area contributed by atoms with Crippen molar-refractivity contribution in [3.8, 4) is 0 Å². The highest BCUT2D eigenvalue weighted by Gasteiger charge is 2.45. The van der Waals surface area contributed by atoms with Gasteiger partial charge in [0, 0.05) is 5.69 Å². The Labute approximate surface area is 130 Å². The monoisotopic (exact) mass is 311 g/mol. The highest BCUT2D eigenvalue weighted by atomic mass is 35.5. The first-order chi connectivity index (χ1) is 9.64. The standard InChI is InChI=1S/C16H22ClNO3/c1-15(2)9-13(16(3,4)21-15)18-10-6-7-12(17)11(8-10)14(19)20-5/h6-8,13,18H,9H2,1-5H3. The Morgan fingerprint density at radius 2 is 2.05 bits per heavy atom. The van der Waals surface area contributed by atoms with Crippen LogP contribution in [0.3, 0.4) is 0 Å². The van der Waals surface area contributed by atoms with E-state index in [-0.39, 0.29) is 17.2 Å². The minimum absolute atomic E-state index is 0.152. The van der Waals surface area contributed by atoms with Crippen LogP contribution in [-0.2, 0) is 9.47 Å². The lowest BCUT2D eigenvalue weighted by Crippen LogP contribution is -2.38. The lowest BCUT2D eigenvalue weighted by atomic mass is 9.94. The van der Waals surface area contributed by atoms with E-state index in [2.05, 4.69) is 33.0 Å². The topological polar surface area (TPSA) is 47.6 Å². The van der Waals surface area contributed by atoms with Crippen molar-refractivity contribution in [2.24, 2.45) is 0 Å². The number of anilines is 1. The number of methoxy groups -OCH3 is 1. The number of carbonyl (C=O) groups is 1. The van der Waals surface area contributed by atoms with Gasteiger partial charge in [0.1, 0.15) is 0 Å². The minimum atomic E-state index is -0.439. The molecule has 0 saturated carbocycles. The fourth-order valence-electron chi connectivity index (χ4n) is 2.87. The normalized spacial score (nSPS) is 22.9. The van der Waals surface area contributed by atoms with Crippen molar-refractivity contribution in [2.45, 2.75) is 51.4 Å². The molecule has 4 nitrogen and oxygen atoms in total. The molecule has 1 aliphatic heterocycles. The van der Waals surface area contributed by atoms with Gasteiger partial charge in [-0.2, -0.15) is 0 Å². The summed E-state index contributed by atoms with van der Waals surface area (Å²) in [6, 6.07) is 5.43. The Kier molecular flexibility index (Phi) is 4.22. The molecule has 1 saturated heterocycles. The van der Waals surface area contributed by atoms with E-state index in [1.54, 1.807) is 12.1 Å². The molecule has 1 fully saturated rings. The Morgan fingerprint density at radius 3 is 2.57 bits per heavy atom. The van der Waals surface area contributed by atoms with Crippen LogP contribution in [0.25, 0.3) is 0 Å². The lowest BCUT2D eigenvalue weighted by molar-refractivity contribution is -0.0662. The van der Waals surface area contributed by atoms with Crippen LogP contribution in [0, 0.1) is 0 Å². The molecule has 5 heteroatoms. The number of esters is 1. The third-order valence-electron chi connectivity index (χ3n) is 3.79. The van der Waals surface area contributed by atoms with Crippen molar-refractivity contribution in [2.75, 3.05) is 12.4 Å². The largest absolute Gasteiger partial charge is 0.465 e. The van der Waals surface area contributed by atoms with Gasteiger partial charge in [0.15, 0.2) is 0 Å². The van der Waals surface area contributed by atoms with E-state index < -0.39 is 5.97 Å². The highest BCUT2D eigenvalue weighted by Crippen LogP contribution is 2.39. The molecular formula is C16H22ClNO3. The molecule has 0 aliphatic carbocycles. The first-order valence-corrected chi connectivity index (χ1v) is 7.37. The number of carbonyl (C=O) groups excluding carboxylic acids is 1. The second-order valence-corrected chi connectivity index (χ2v) is 6.96. The number of nitrogens with one attached hydrogen (secondary N) is 1. The number of hydrogen-bond acceptors (Lipinski definition) is 4. The van der Waals surface area contributed by atoms with Crippen molar-refractivity contribution in [1.82, 2.24) is 0 Å². The van der Waals surface area contributed by atoms with Crippen LogP contribution in [0.2, 0.25) is 5.02 Å². The van der Waals surface area contributed by atoms with Gasteiger partial charge < -0.3 is 14.8 Å². The molecule has 116 valence electrons. The van der Waals surface area contributed by atoms with E-state index >= 15 is 0 Å². The van der Waals surface area contributed by atoms with Crippen molar-refractivity contribution in [1.29, 1.82) is 0 Å². The van der Waals surface area contributed by atoms with Gasteiger partial charge in [-0.1, -0.05) is 11.6 Å². The van der Waals surface area contributed by atoms with Gasteiger partial charge in [0.2, 0.25) is 0 Å². The molecular weight excluding hydrogens is 290 g/mol. The van der Waals surface area contributed by atoms with Crippen LogP contribution in [0.5, 0.6) is 0 Å². The summed E-state index contributed by atoms with van der Waals surface area (Å²) in [4.78, 5) is 11.7. The third kappa shape index (κ3) is 3.50. The molecule has 2 rings (SSSR count). The summed E-state index contributed by atoms with van der Waals surface area (Å²) in [5.41, 5.74) is 0.743. The summed E-state index contributed by atoms with van der Waals surface area (Å²) in [6.07, 6.45) is 0.885. The Hall–Kier alpha value is -1.26. The van der Waals surface area contributed by atoms with Crippen molar-refractivity contribution < 1.29 is 14.3 Å². The molecule has 0 spiro atoms. The molecule has 1 aromatic carbocycles. The maximum Gasteiger partial charge on any atom is 0.339 e. The fourth-order valence-corrected chi connectivity index (χ4v) is 3.06. The smallest absolute Gasteiger partial charge is 0.339 e. The van der Waals surface area contributed by atoms with Gasteiger partial charge in [0.25, 0.3) is 0 Å². The van der Waals surface area contributed by atoms with Crippen LogP contribution in [0.1, 0.15) is 44.5 Å². The summed E-state index contributed by atoms with van der Waals surface area (Å²) in [5, 5.41) is 3.83. The van der Waals surface area contributed by atoms with Gasteiger partial charge in [-0.05, 0) is 52.3 Å². The predicted octanol–water partition coefficient (Wildman–Crippen LogP) is 3.88. The molecule has 1 heterocycles. The molecule has 21 heavy (non-hydrogen) atoms. The van der Waals surface area contributed by atoms with Crippen molar-refractivity contribution in [3.05, 3.63) is 28.8 Å². The quantitative estimate of drug-likeness (QED) is 0.860. The zero-order valence-corrected chi connectivity index (χ0v) is 13.9. The summed E-state index contributed by atoms with van der Waals surface area (Å²) >= 11 is 6.03. The van der Waals surface area contributed by atoms with Gasteiger partial charge in [-0.15, -0.1) is 0 Å². The average Bonchev–Trinajstić information content (AvgIpc) is 2.58. The average molecular weight is 312 g/mol. The predicted molar refractivity (Wildman–Crippen MR) is 84.1 cm³/mol. The molecule has 0 radical (unpaired) electrons. The Bertz CT molecular complexity index is 554. The SMILES string of the molecule is COC(=O)c1cc(NC2CC(C)(C)OC2(C)C)ccc1Cl. The summed E-state index contributed by atoms with van der Waals surface area (Å²) in [7, 11) is 1.34. The summed E-state index contributed by atoms with van der Waals surface area (Å²) < 4.78 is 10.8. The van der Waals surface area contributed by atoms with Crippen LogP contribution in [0.4, 0.5) is 5.69 Å². The second-order valence-electron chi connectivity index (χ2n) is 6.55. The van der Waals surface area contributed by atoms with Gasteiger partial charge in [-0.3, -0.25) is 0 Å². The fraction of sp³-hybridized carbons (Fsp3) is 0.562. The minimum Gasteiger partial charge on any atom is -0.465 e. The maximum absolute atomic E-state index is 11.7. The van der Waals surface area contributed by atoms with Crippen LogP contribution >= 0.6 is 11.6 Å². The van der Waals surface area contributed by atoms with Gasteiger partial charge in [-0.25, -0.2) is 4.79 Å². The lowest BCUT2D eigenvalue weighted by Gasteiger charge is -2.28. The van der Waals surface area contributed by atoms with E-state index in [0.29, 0.717) is 10.6 Å². The summed E-state index contributed by atoms with van der Waals surface area (Å²) in [6.45, 7) is 8.30. The van der Waals surface area contributed by atoms with E-state index in [4.69, 9.17) is 21.1 Å². The number of benzene rings is 1. The molecule has 1 aliphatic rings. The third-order valence-corrected chi connectivity index (χ3v) is 4.12. The molecule has 1 aromatic rings. The molecule has 0 aromatic heterocycles. The van der Waals surface area contributed by atoms with Crippen LogP contribution < -0.4 is 5.32 Å². The Morgan fingerprint density at radius 1 is 1.38 bits per heavy atom. The van der Waals surface area contributed by atoms with Gasteiger partial charge >= 0.3 is 5.97 Å². The zero-order chi connectivity index (χ0) is 15.8. The molecule has 1 unspecified atom stereocenters. The number of halogens is 1. The molecule has 1 N–H and O–H groups in total. The van der Waals surface area contributed by atoms with Gasteiger partial charge in [0.05, 0.1) is 34.9 Å². The number of hydrogen-bond donors (Lipinski definition) is 1. The van der Waals surface area contributed by atoms with Crippen LogP contribution in [0.15, 0.2) is 18.2 Å². The highest BCUT2D eigenvalue weighted by molar-refractivity contribution is 6.33. The van der Waals surface area contributed by atoms with Crippen molar-refractivity contribution in [3.63, 3.8) is 0 Å². The second kappa shape index (κ2) is 5.50. The van der Waals surface area contributed by atoms with E-state index in [9.17, 15) is 4.79 Å². The van der Waals surface area contributed by atoms with Crippen LogP contribution in [-0.4, -0.2) is 30.3 Å².